The molecule has 14 heteroatoms. The van der Waals surface area contributed by atoms with Gasteiger partial charge in [-0.05, 0) is 92.6 Å². The number of piperidine rings is 3. The molecule has 0 bridgehead atoms. The molecule has 2 aromatic carbocycles. The zero-order chi connectivity index (χ0) is 38.5. The summed E-state index contributed by atoms with van der Waals surface area (Å²) in [6.45, 7) is 9.06. The van der Waals surface area contributed by atoms with E-state index in [9.17, 15) is 19.2 Å². The molecule has 54 heavy (non-hydrogen) atoms. The van der Waals surface area contributed by atoms with Crippen LogP contribution in [0.5, 0.6) is 5.75 Å². The largest absolute Gasteiger partial charge is 0.465 e. The molecular formula is C40H55N7O6S. The fourth-order valence-corrected chi connectivity index (χ4v) is 8.09. The number of nitrogens with zero attached hydrogens (tertiary/aromatic N) is 6. The number of amides is 4. The predicted octanol–water partition coefficient (Wildman–Crippen LogP) is 6.42. The van der Waals surface area contributed by atoms with E-state index in [-0.39, 0.29) is 23.3 Å². The molecule has 0 spiro atoms. The molecule has 3 fully saturated rings. The van der Waals surface area contributed by atoms with Gasteiger partial charge in [0.15, 0.2) is 5.16 Å². The molecule has 13 nitrogen and oxygen atoms in total. The van der Waals surface area contributed by atoms with Crippen LogP contribution in [0, 0.1) is 17.3 Å². The minimum Gasteiger partial charge on any atom is -0.465 e. The number of aromatic amines is 1. The number of hydrogen-bond acceptors (Lipinski definition) is 9. The fourth-order valence-electron chi connectivity index (χ4n) is 7.12. The summed E-state index contributed by atoms with van der Waals surface area (Å²) >= 11 is 1.66. The Morgan fingerprint density at radius 1 is 0.907 bits per heavy atom. The van der Waals surface area contributed by atoms with Crippen LogP contribution >= 0.6 is 11.8 Å². The summed E-state index contributed by atoms with van der Waals surface area (Å²) in [6, 6.07) is 17.8. The van der Waals surface area contributed by atoms with Crippen molar-refractivity contribution < 1.29 is 29.0 Å². The summed E-state index contributed by atoms with van der Waals surface area (Å²) in [5.74, 6) is 2.43. The number of H-pyrrole nitrogens is 1. The molecule has 0 radical (unpaired) electrons. The lowest BCUT2D eigenvalue weighted by molar-refractivity contribution is -0.152. The van der Waals surface area contributed by atoms with Gasteiger partial charge in [-0.1, -0.05) is 68.1 Å². The topological polar surface area (TPSA) is 152 Å². The second kappa shape index (κ2) is 19.8. The number of imide groups is 1. The number of carbonyl (C=O) groups is 4. The summed E-state index contributed by atoms with van der Waals surface area (Å²) in [5.41, 5.74) is 2.06. The molecule has 0 unspecified atom stereocenters. The van der Waals surface area contributed by atoms with E-state index >= 15 is 0 Å². The Balaban J connectivity index is 0.000000239. The molecule has 4 amide bonds. The number of thioether (sulfide) groups is 1. The van der Waals surface area contributed by atoms with Gasteiger partial charge < -0.3 is 24.5 Å². The molecule has 3 aliphatic rings. The van der Waals surface area contributed by atoms with Gasteiger partial charge in [0, 0.05) is 57.9 Å². The first kappa shape index (κ1) is 40.7. The molecule has 3 aliphatic heterocycles. The first-order valence-corrected chi connectivity index (χ1v) is 20.0. The van der Waals surface area contributed by atoms with Crippen molar-refractivity contribution in [2.24, 2.45) is 17.3 Å². The molecule has 2 N–H and O–H groups in total. The number of ether oxygens (including phenoxy) is 1. The number of benzene rings is 2. The quantitative estimate of drug-likeness (QED) is 0.156. The number of hydrogen-bond donors (Lipinski definition) is 2. The van der Waals surface area contributed by atoms with E-state index in [0.29, 0.717) is 69.6 Å². The standard InChI is InChI=1S/C24H31N5O4S.C16H24N2O2/c1-24(2)13-20(30)29(21(31)14-24)12-9-17-3-5-19(6-4-17)33-23(32)28-10-7-18(8-11-28)15-34-22-25-16-26-27-22;1-17(13-15-5-3-2-4-6-15)10-7-14-8-11-18(12-9-14)16(19)20/h3-6,16,18H,7-15H2,1-2H3,(H,25,26,27);2-6,14H,7-13H2,1H3,(H,19,20). The van der Waals surface area contributed by atoms with E-state index in [1.807, 2.05) is 32.0 Å². The van der Waals surface area contributed by atoms with Crippen LogP contribution in [0.1, 0.15) is 69.9 Å². The molecule has 6 rings (SSSR count). The maximum Gasteiger partial charge on any atom is 0.415 e. The summed E-state index contributed by atoms with van der Waals surface area (Å²) in [7, 11) is 2.15. The first-order valence-electron chi connectivity index (χ1n) is 19.0. The van der Waals surface area contributed by atoms with Gasteiger partial charge in [-0.15, -0.1) is 0 Å². The van der Waals surface area contributed by atoms with Gasteiger partial charge in [-0.3, -0.25) is 19.6 Å². The number of nitrogens with one attached hydrogen (secondary N) is 1. The van der Waals surface area contributed by atoms with Gasteiger partial charge in [-0.2, -0.15) is 5.10 Å². The second-order valence-electron chi connectivity index (χ2n) is 15.5. The Bertz CT molecular complexity index is 1620. The van der Waals surface area contributed by atoms with E-state index in [1.165, 1.54) is 21.7 Å². The van der Waals surface area contributed by atoms with E-state index in [1.54, 1.807) is 28.8 Å². The van der Waals surface area contributed by atoms with Crippen LogP contribution < -0.4 is 4.74 Å². The van der Waals surface area contributed by atoms with Crippen LogP contribution in [0.2, 0.25) is 0 Å². The molecule has 0 saturated carbocycles. The summed E-state index contributed by atoms with van der Waals surface area (Å²) < 4.78 is 5.55. The van der Waals surface area contributed by atoms with Gasteiger partial charge in [0.05, 0.1) is 0 Å². The van der Waals surface area contributed by atoms with Gasteiger partial charge >= 0.3 is 12.2 Å². The van der Waals surface area contributed by atoms with E-state index in [2.05, 4.69) is 51.4 Å². The maximum atomic E-state index is 12.6. The molecular weight excluding hydrogens is 707 g/mol. The third-order valence-electron chi connectivity index (χ3n) is 10.4. The molecule has 4 heterocycles. The van der Waals surface area contributed by atoms with Crippen LogP contribution in [0.15, 0.2) is 66.1 Å². The summed E-state index contributed by atoms with van der Waals surface area (Å²) in [6.07, 6.45) is 6.80. The fraction of sp³-hybridized carbons (Fsp3) is 0.550. The maximum absolute atomic E-state index is 12.6. The van der Waals surface area contributed by atoms with Crippen molar-refractivity contribution in [2.45, 2.75) is 76.9 Å². The minimum atomic E-state index is -0.773. The van der Waals surface area contributed by atoms with Crippen molar-refractivity contribution in [3.63, 3.8) is 0 Å². The Morgan fingerprint density at radius 2 is 1.54 bits per heavy atom. The number of rotatable bonds is 12. The van der Waals surface area contributed by atoms with Crippen molar-refractivity contribution in [3.05, 3.63) is 72.1 Å². The summed E-state index contributed by atoms with van der Waals surface area (Å²) in [4.78, 5) is 59.1. The third-order valence-corrected chi connectivity index (χ3v) is 11.5. The summed E-state index contributed by atoms with van der Waals surface area (Å²) in [5, 5.41) is 16.5. The second-order valence-corrected chi connectivity index (χ2v) is 16.5. The van der Waals surface area contributed by atoms with Crippen LogP contribution in [-0.4, -0.2) is 116 Å². The van der Waals surface area contributed by atoms with E-state index in [4.69, 9.17) is 9.84 Å². The Morgan fingerprint density at radius 3 is 2.15 bits per heavy atom. The lowest BCUT2D eigenvalue weighted by atomic mass is 9.81. The van der Waals surface area contributed by atoms with E-state index in [0.717, 1.165) is 61.7 Å². The first-order chi connectivity index (χ1) is 25.9. The van der Waals surface area contributed by atoms with Crippen molar-refractivity contribution >= 4 is 35.8 Å². The third kappa shape index (κ3) is 12.9. The lowest BCUT2D eigenvalue weighted by Gasteiger charge is -2.34. The predicted molar refractivity (Wildman–Crippen MR) is 207 cm³/mol. The van der Waals surface area contributed by atoms with Crippen LogP contribution in [0.25, 0.3) is 0 Å². The molecule has 292 valence electrons. The van der Waals surface area contributed by atoms with Gasteiger partial charge in [0.25, 0.3) is 0 Å². The van der Waals surface area contributed by atoms with Crippen LogP contribution in [0.4, 0.5) is 9.59 Å². The average molecular weight is 762 g/mol. The van der Waals surface area contributed by atoms with Crippen molar-refractivity contribution in [1.82, 2.24) is 34.8 Å². The number of aromatic nitrogens is 3. The zero-order valence-corrected chi connectivity index (χ0v) is 32.6. The smallest absolute Gasteiger partial charge is 0.415 e. The minimum absolute atomic E-state index is 0.105. The van der Waals surface area contributed by atoms with Crippen LogP contribution in [0.3, 0.4) is 0 Å². The Hall–Kier alpha value is -4.43. The number of carbonyl (C=O) groups excluding carboxylic acids is 3. The van der Waals surface area contributed by atoms with Crippen molar-refractivity contribution in [1.29, 1.82) is 0 Å². The van der Waals surface area contributed by atoms with E-state index < -0.39 is 6.09 Å². The van der Waals surface area contributed by atoms with Crippen molar-refractivity contribution in [2.75, 3.05) is 52.1 Å². The number of carboxylic acid groups (broad SMARTS) is 1. The highest BCUT2D eigenvalue weighted by atomic mass is 32.2. The highest BCUT2D eigenvalue weighted by molar-refractivity contribution is 7.99. The Labute approximate surface area is 322 Å². The van der Waals surface area contributed by atoms with Gasteiger partial charge in [0.1, 0.15) is 12.1 Å². The SMILES string of the molecule is CC1(C)CC(=O)N(CCc2ccc(OC(=O)N3CCC(CSc4ncn[nH]4)CC3)cc2)C(=O)C1.CN(CCC1CCN(C(=O)O)CC1)Cc1ccccc1. The molecule has 0 atom stereocenters. The van der Waals surface area contributed by atoms with Gasteiger partial charge in [-0.25, -0.2) is 14.6 Å². The molecule has 0 aliphatic carbocycles. The lowest BCUT2D eigenvalue weighted by Crippen LogP contribution is -2.46. The average Bonchev–Trinajstić information content (AvgIpc) is 3.68. The molecule has 3 aromatic rings. The highest BCUT2D eigenvalue weighted by Crippen LogP contribution is 2.32. The van der Waals surface area contributed by atoms with Gasteiger partial charge in [0.2, 0.25) is 11.8 Å². The molecule has 1 aromatic heterocycles. The zero-order valence-electron chi connectivity index (χ0n) is 31.8. The monoisotopic (exact) mass is 761 g/mol. The molecule has 3 saturated heterocycles. The van der Waals surface area contributed by atoms with Crippen molar-refractivity contribution in [3.8, 4) is 5.75 Å². The number of likely N-dealkylation sites (tertiary alicyclic amines) is 3. The Kier molecular flexibility index (Phi) is 14.9. The normalized spacial score (nSPS) is 18.0. The van der Waals surface area contributed by atoms with Crippen LogP contribution in [-0.2, 0) is 22.6 Å². The highest BCUT2D eigenvalue weighted by Gasteiger charge is 2.37.